The fourth-order valence-electron chi connectivity index (χ4n) is 4.30. The minimum atomic E-state index is 0.372. The number of hydrogen-bond acceptors (Lipinski definition) is 2. The van der Waals surface area contributed by atoms with E-state index in [9.17, 15) is 0 Å². The van der Waals surface area contributed by atoms with Crippen LogP contribution in [0.4, 0.5) is 0 Å². The summed E-state index contributed by atoms with van der Waals surface area (Å²) in [6, 6.07) is 0. The van der Waals surface area contributed by atoms with Crippen LogP contribution < -0.4 is 0 Å². The van der Waals surface area contributed by atoms with E-state index in [1.54, 1.807) is 5.57 Å². The van der Waals surface area contributed by atoms with E-state index in [-0.39, 0.29) is 0 Å². The Morgan fingerprint density at radius 1 is 1.23 bits per heavy atom. The maximum Gasteiger partial charge on any atom is 0.0678 e. The van der Waals surface area contributed by atoms with Crippen LogP contribution in [-0.4, -0.2) is 36.7 Å². The molecule has 2 unspecified atom stereocenters. The molecule has 0 aromatic heterocycles. The molecule has 22 heavy (non-hydrogen) atoms. The predicted octanol–water partition coefficient (Wildman–Crippen LogP) is 4.89. The van der Waals surface area contributed by atoms with Crippen molar-refractivity contribution in [3.63, 3.8) is 0 Å². The van der Waals surface area contributed by atoms with Gasteiger partial charge < -0.3 is 4.74 Å². The number of hydrogen-bond donors (Lipinski definition) is 0. The summed E-state index contributed by atoms with van der Waals surface area (Å²) in [6.45, 7) is 17.3. The van der Waals surface area contributed by atoms with Crippen molar-refractivity contribution in [2.24, 2.45) is 17.3 Å². The van der Waals surface area contributed by atoms with Crippen molar-refractivity contribution >= 4 is 0 Å². The lowest BCUT2D eigenvalue weighted by molar-refractivity contribution is -0.0715. The maximum absolute atomic E-state index is 5.84. The molecule has 1 heterocycles. The van der Waals surface area contributed by atoms with Gasteiger partial charge in [-0.2, -0.15) is 0 Å². The van der Waals surface area contributed by atoms with Gasteiger partial charge in [0.15, 0.2) is 0 Å². The second-order valence-electron chi connectivity index (χ2n) is 8.94. The van der Waals surface area contributed by atoms with Crippen molar-refractivity contribution in [1.82, 2.24) is 4.90 Å². The molecular weight excluding hydrogens is 270 g/mol. The molecule has 2 nitrogen and oxygen atoms in total. The fourth-order valence-corrected chi connectivity index (χ4v) is 4.30. The molecule has 4 atom stereocenters. The van der Waals surface area contributed by atoms with Crippen LogP contribution in [0.5, 0.6) is 0 Å². The van der Waals surface area contributed by atoms with Gasteiger partial charge in [0.2, 0.25) is 0 Å². The standard InChI is InChI=1S/C20H37NO/c1-15(12-21-13-16(2)22-17(3)14-21)11-18-7-9-19(10-8-18)20(4,5)6/h9,15-18H,7-8,10-14H2,1-6H3/t15?,16-,17+,18?. The van der Waals surface area contributed by atoms with Crippen LogP contribution in [0.1, 0.15) is 67.2 Å². The molecule has 0 aromatic rings. The van der Waals surface area contributed by atoms with Gasteiger partial charge in [0, 0.05) is 19.6 Å². The Morgan fingerprint density at radius 2 is 1.86 bits per heavy atom. The van der Waals surface area contributed by atoms with Crippen LogP contribution in [0.25, 0.3) is 0 Å². The number of morpholine rings is 1. The van der Waals surface area contributed by atoms with E-state index in [0.717, 1.165) is 24.9 Å². The summed E-state index contributed by atoms with van der Waals surface area (Å²) in [5.74, 6) is 1.70. The van der Waals surface area contributed by atoms with Gasteiger partial charge in [-0.05, 0) is 56.8 Å². The van der Waals surface area contributed by atoms with Crippen LogP contribution in [-0.2, 0) is 4.74 Å². The zero-order valence-electron chi connectivity index (χ0n) is 15.7. The molecule has 0 radical (unpaired) electrons. The first-order valence-electron chi connectivity index (χ1n) is 9.31. The van der Waals surface area contributed by atoms with E-state index in [4.69, 9.17) is 4.74 Å². The largest absolute Gasteiger partial charge is 0.373 e. The third kappa shape index (κ3) is 5.38. The van der Waals surface area contributed by atoms with Crippen molar-refractivity contribution in [2.45, 2.75) is 79.4 Å². The Kier molecular flexibility index (Phi) is 6.13. The van der Waals surface area contributed by atoms with Gasteiger partial charge in [-0.1, -0.05) is 39.3 Å². The molecular formula is C20H37NO. The number of allylic oxidation sites excluding steroid dienone is 2. The van der Waals surface area contributed by atoms with Crippen LogP contribution in [0.15, 0.2) is 11.6 Å². The van der Waals surface area contributed by atoms with Crippen molar-refractivity contribution in [1.29, 1.82) is 0 Å². The first-order chi connectivity index (χ1) is 10.2. The zero-order chi connectivity index (χ0) is 16.3. The van der Waals surface area contributed by atoms with Crippen molar-refractivity contribution in [2.75, 3.05) is 19.6 Å². The van der Waals surface area contributed by atoms with Gasteiger partial charge in [-0.25, -0.2) is 0 Å². The summed E-state index contributed by atoms with van der Waals surface area (Å²) in [5, 5.41) is 0. The Labute approximate surface area is 138 Å². The van der Waals surface area contributed by atoms with Gasteiger partial charge in [0.05, 0.1) is 12.2 Å². The highest BCUT2D eigenvalue weighted by Gasteiger charge is 2.26. The van der Waals surface area contributed by atoms with Gasteiger partial charge in [0.25, 0.3) is 0 Å². The molecule has 0 amide bonds. The van der Waals surface area contributed by atoms with Crippen molar-refractivity contribution in [3.8, 4) is 0 Å². The van der Waals surface area contributed by atoms with Crippen molar-refractivity contribution < 1.29 is 4.74 Å². The Balaban J connectivity index is 1.76. The smallest absolute Gasteiger partial charge is 0.0678 e. The summed E-state index contributed by atoms with van der Waals surface area (Å²) in [5.41, 5.74) is 2.05. The first-order valence-corrected chi connectivity index (χ1v) is 9.31. The average Bonchev–Trinajstić information content (AvgIpc) is 2.36. The van der Waals surface area contributed by atoms with E-state index in [1.165, 1.54) is 32.2 Å². The molecule has 0 N–H and O–H groups in total. The number of ether oxygens (including phenoxy) is 1. The second-order valence-corrected chi connectivity index (χ2v) is 8.94. The lowest BCUT2D eigenvalue weighted by Crippen LogP contribution is -2.46. The molecule has 1 aliphatic heterocycles. The van der Waals surface area contributed by atoms with Crippen molar-refractivity contribution in [3.05, 3.63) is 11.6 Å². The lowest BCUT2D eigenvalue weighted by atomic mass is 9.75. The van der Waals surface area contributed by atoms with Gasteiger partial charge >= 0.3 is 0 Å². The SMILES string of the molecule is CC(CC1CC=C(C(C)(C)C)CC1)CN1C[C@@H](C)O[C@@H](C)C1. The van der Waals surface area contributed by atoms with E-state index in [2.05, 4.69) is 52.5 Å². The average molecular weight is 308 g/mol. The van der Waals surface area contributed by atoms with Crippen LogP contribution in [0, 0.1) is 17.3 Å². The minimum absolute atomic E-state index is 0.372. The molecule has 2 heteroatoms. The predicted molar refractivity (Wildman–Crippen MR) is 95.1 cm³/mol. The summed E-state index contributed by atoms with van der Waals surface area (Å²) in [6.07, 6.45) is 8.71. The Hall–Kier alpha value is -0.340. The Bertz CT molecular complexity index is 372. The second kappa shape index (κ2) is 7.49. The fraction of sp³-hybridized carbons (Fsp3) is 0.900. The van der Waals surface area contributed by atoms with Gasteiger partial charge in [-0.15, -0.1) is 0 Å². The van der Waals surface area contributed by atoms with Crippen LogP contribution >= 0.6 is 0 Å². The molecule has 128 valence electrons. The molecule has 0 aromatic carbocycles. The van der Waals surface area contributed by atoms with Crippen LogP contribution in [0.2, 0.25) is 0 Å². The normalized spacial score (nSPS) is 32.6. The topological polar surface area (TPSA) is 12.5 Å². The Morgan fingerprint density at radius 3 is 2.36 bits per heavy atom. The minimum Gasteiger partial charge on any atom is -0.373 e. The zero-order valence-corrected chi connectivity index (χ0v) is 15.7. The van der Waals surface area contributed by atoms with Gasteiger partial charge in [0.1, 0.15) is 0 Å². The molecule has 1 aliphatic carbocycles. The summed E-state index contributed by atoms with van der Waals surface area (Å²) >= 11 is 0. The quantitative estimate of drug-likeness (QED) is 0.685. The molecule has 2 rings (SSSR count). The molecule has 2 aliphatic rings. The monoisotopic (exact) mass is 307 g/mol. The van der Waals surface area contributed by atoms with Crippen LogP contribution in [0.3, 0.4) is 0 Å². The van der Waals surface area contributed by atoms with Gasteiger partial charge in [-0.3, -0.25) is 4.90 Å². The van der Waals surface area contributed by atoms with E-state index in [0.29, 0.717) is 17.6 Å². The highest BCUT2D eigenvalue weighted by molar-refractivity contribution is 5.13. The molecule has 0 bridgehead atoms. The highest BCUT2D eigenvalue weighted by atomic mass is 16.5. The number of rotatable bonds is 4. The highest BCUT2D eigenvalue weighted by Crippen LogP contribution is 2.37. The van der Waals surface area contributed by atoms with E-state index in [1.807, 2.05) is 0 Å². The summed E-state index contributed by atoms with van der Waals surface area (Å²) < 4.78 is 5.84. The molecule has 1 saturated heterocycles. The first kappa shape index (κ1) is 18.0. The third-order valence-corrected chi connectivity index (χ3v) is 5.28. The van der Waals surface area contributed by atoms with E-state index >= 15 is 0 Å². The summed E-state index contributed by atoms with van der Waals surface area (Å²) in [7, 11) is 0. The maximum atomic E-state index is 5.84. The third-order valence-electron chi connectivity index (χ3n) is 5.28. The molecule has 0 spiro atoms. The lowest BCUT2D eigenvalue weighted by Gasteiger charge is -2.37. The number of nitrogens with zero attached hydrogens (tertiary/aromatic N) is 1. The molecule has 1 fully saturated rings. The van der Waals surface area contributed by atoms with E-state index < -0.39 is 0 Å². The molecule has 0 saturated carbocycles. The summed E-state index contributed by atoms with van der Waals surface area (Å²) in [4.78, 5) is 2.61.